The van der Waals surface area contributed by atoms with Crippen LogP contribution in [0.3, 0.4) is 0 Å². The van der Waals surface area contributed by atoms with Gasteiger partial charge in [-0.2, -0.15) is 0 Å². The lowest BCUT2D eigenvalue weighted by molar-refractivity contribution is -0.387. The molecule has 4 heterocycles. The van der Waals surface area contributed by atoms with Crippen LogP contribution >= 0.6 is 0 Å². The summed E-state index contributed by atoms with van der Waals surface area (Å²) in [5.41, 5.74) is 0.478. The van der Waals surface area contributed by atoms with Crippen LogP contribution in [0.1, 0.15) is 81.1 Å². The van der Waals surface area contributed by atoms with E-state index in [-0.39, 0.29) is 104 Å². The Morgan fingerprint density at radius 3 is 1.45 bits per heavy atom. The Hall–Kier alpha value is -8.65. The predicted molar refractivity (Wildman–Crippen MR) is 396 cm³/mol. The van der Waals surface area contributed by atoms with Crippen molar-refractivity contribution in [3.05, 3.63) is 117 Å². The van der Waals surface area contributed by atoms with Crippen LogP contribution in [0, 0.1) is 25.7 Å². The average Bonchev–Trinajstić information content (AvgIpc) is 1.39. The van der Waals surface area contributed by atoms with Gasteiger partial charge in [0.05, 0.1) is 94.8 Å². The van der Waals surface area contributed by atoms with Crippen LogP contribution in [0.2, 0.25) is 0 Å². The second kappa shape index (κ2) is 38.4. The van der Waals surface area contributed by atoms with E-state index in [1.165, 1.54) is 84.1 Å². The van der Waals surface area contributed by atoms with Crippen LogP contribution in [0.5, 0.6) is 69.0 Å². The molecule has 118 heavy (non-hydrogen) atoms. The summed E-state index contributed by atoms with van der Waals surface area (Å²) in [6, 6.07) is 15.5. The van der Waals surface area contributed by atoms with Gasteiger partial charge in [0, 0.05) is 29.7 Å². The van der Waals surface area contributed by atoms with Gasteiger partial charge >= 0.3 is 5.97 Å². The third kappa shape index (κ3) is 18.1. The molecule has 4 aliphatic heterocycles. The minimum absolute atomic E-state index is 0.000157. The maximum absolute atomic E-state index is 12.3. The first-order valence-corrected chi connectivity index (χ1v) is 36.6. The van der Waals surface area contributed by atoms with E-state index in [1.54, 1.807) is 13.8 Å². The second-order valence-corrected chi connectivity index (χ2v) is 28.4. The second-order valence-electron chi connectivity index (χ2n) is 28.4. The van der Waals surface area contributed by atoms with Crippen molar-refractivity contribution in [1.82, 2.24) is 0 Å². The van der Waals surface area contributed by atoms with Crippen LogP contribution < -0.4 is 47.4 Å². The first-order valence-electron chi connectivity index (χ1n) is 36.6. The van der Waals surface area contributed by atoms with E-state index in [1.807, 2.05) is 0 Å². The molecule has 652 valence electrons. The van der Waals surface area contributed by atoms with Gasteiger partial charge in [-0.25, -0.2) is 4.79 Å². The number of hydrogen-bond donors (Lipinski definition) is 22. The number of aromatic hydroxyl groups is 2. The normalized spacial score (nSPS) is 26.2. The van der Waals surface area contributed by atoms with Crippen LogP contribution in [-0.2, 0) is 38.0 Å². The summed E-state index contributed by atoms with van der Waals surface area (Å²) in [6.45, 7) is -2.10. The lowest BCUT2D eigenvalue weighted by Crippen LogP contribution is -2.64. The van der Waals surface area contributed by atoms with Crippen molar-refractivity contribution in [3.8, 4) is 91.2 Å². The molecule has 0 saturated carbocycles. The molecule has 17 unspecified atom stereocenters. The quantitative estimate of drug-likeness (QED) is 0.0187. The van der Waals surface area contributed by atoms with Crippen molar-refractivity contribution < 1.29 is 198 Å². The average molecular weight is 1680 g/mol. The van der Waals surface area contributed by atoms with Crippen LogP contribution in [0.25, 0.3) is 22.3 Å². The summed E-state index contributed by atoms with van der Waals surface area (Å²) in [5, 5.41) is 243. The third-order valence-electron chi connectivity index (χ3n) is 21.3. The van der Waals surface area contributed by atoms with Crippen molar-refractivity contribution in [2.75, 3.05) is 103 Å². The van der Waals surface area contributed by atoms with Crippen LogP contribution in [0.4, 0.5) is 0 Å². The Morgan fingerprint density at radius 1 is 0.475 bits per heavy atom. The van der Waals surface area contributed by atoms with Crippen molar-refractivity contribution in [2.45, 2.75) is 148 Å². The standard InChI is InChI=1S/C78H100O40/c1-30-11-34(64(45(85)24-80)112-76-62(94)60(92)69(73(99)116-76)115-75-61(93)58(90)59(91)68(114-75)72(97)98)14-38(31(30)2)39-15-36(20-47(103-4)56(39)88)70(95)77(100,28-82)118-67-51(107-8)21-37(22-52(67)108-9)71(96)78(101,29-83)117-66-49(105-6)18-35(19-50(66)106-7)63-42-26-111-74(43(42)27-110-63)113-65-41(13-32(17-48(65)104-5)54(86)44(84)23-79)40-12-33(16-46(102-3)57(40)89)55(87)53(25-81)109-10/h11-22,42-45,53-55,58-64,68-71,73-76,79-96,99-101H,23-29H2,1-10H3,(H,97,98)/t42?,43?,44?,45?,53?,54?,55?,58-,59-,60+,61+,62+,63?,64?,68-,69?,70?,71?,73-,74?,75?,76?,77?,78?/m0/s1. The minimum atomic E-state index is -3.13. The highest BCUT2D eigenvalue weighted by molar-refractivity contribution is 5.82. The molecule has 0 aromatic heterocycles. The van der Waals surface area contributed by atoms with Crippen LogP contribution in [-0.4, -0.2) is 319 Å². The molecule has 6 aromatic rings. The van der Waals surface area contributed by atoms with Crippen LogP contribution in [0.15, 0.2) is 72.8 Å². The summed E-state index contributed by atoms with van der Waals surface area (Å²) >= 11 is 0. The molecule has 40 nitrogen and oxygen atoms in total. The summed E-state index contributed by atoms with van der Waals surface area (Å²) in [4.78, 5) is 11.7. The molecule has 10 rings (SSSR count). The maximum atomic E-state index is 12.3. The Balaban J connectivity index is 0.889. The van der Waals surface area contributed by atoms with Gasteiger partial charge in [-0.15, -0.1) is 0 Å². The zero-order valence-corrected chi connectivity index (χ0v) is 65.3. The number of aliphatic hydroxyl groups is 19. The molecule has 6 aromatic carbocycles. The SMILES string of the molecule is COc1cc(C(O)C(O)(CO)Oc2c(OC)cc(C(O)C(O)(CO)Oc3c(OC)cc(C4OCC5C(Oc6c(OC)cc(C(O)C(O)CO)cc6-c6cc(C(O)C(CO)OC)cc(OC)c6O)OCC45)cc3OC)cc2OC)cc(-c2cc(C(OC3O[C@H](O)C(OC4O[C@H](C(=O)O)[C@@H](O)[C@H](O)[C@H]4O)[C@H](O)[C@H]3O)C(O)CO)cc(C)c2C)c1O. The van der Waals surface area contributed by atoms with E-state index in [4.69, 9.17) is 80.5 Å². The molecule has 40 heteroatoms. The number of methoxy groups -OCH3 is 8. The Labute approximate surface area is 673 Å². The lowest BCUT2D eigenvalue weighted by Gasteiger charge is -2.45. The largest absolute Gasteiger partial charge is 0.504 e. The van der Waals surface area contributed by atoms with Crippen molar-refractivity contribution in [1.29, 1.82) is 0 Å². The molecule has 24 atom stereocenters. The summed E-state index contributed by atoms with van der Waals surface area (Å²) in [6.07, 6.45) is -37.9. The molecule has 22 N–H and O–H groups in total. The van der Waals surface area contributed by atoms with Gasteiger partial charge in [0.15, 0.2) is 82.5 Å². The smallest absolute Gasteiger partial charge is 0.335 e. The molecule has 4 saturated heterocycles. The monoisotopic (exact) mass is 1680 g/mol. The fourth-order valence-corrected chi connectivity index (χ4v) is 14.4. The highest BCUT2D eigenvalue weighted by Crippen LogP contribution is 2.55. The molecule has 4 aliphatic rings. The van der Waals surface area contributed by atoms with E-state index in [9.17, 15) is 117 Å². The number of carboxylic acids is 1. The summed E-state index contributed by atoms with van der Waals surface area (Å²) < 4.78 is 98.4. The first-order chi connectivity index (χ1) is 56.1. The molecule has 0 bridgehead atoms. The fourth-order valence-electron chi connectivity index (χ4n) is 14.4. The van der Waals surface area contributed by atoms with Gasteiger partial charge < -0.3 is 193 Å². The third-order valence-corrected chi connectivity index (χ3v) is 21.3. The highest BCUT2D eigenvalue weighted by atomic mass is 16.8. The number of carbonyl (C=O) groups is 1. The van der Waals surface area contributed by atoms with Gasteiger partial charge in [-0.1, -0.05) is 6.07 Å². The number of aliphatic hydroxyl groups excluding tert-OH is 17. The number of fused-ring (bicyclic) bond motifs is 1. The Morgan fingerprint density at radius 2 is 0.932 bits per heavy atom. The van der Waals surface area contributed by atoms with E-state index in [0.29, 0.717) is 16.7 Å². The number of carboxylic acid groups (broad SMARTS) is 1. The van der Waals surface area contributed by atoms with Gasteiger partial charge in [0.2, 0.25) is 17.8 Å². The molecular weight excluding hydrogens is 1580 g/mol. The maximum Gasteiger partial charge on any atom is 0.335 e. The van der Waals surface area contributed by atoms with E-state index >= 15 is 0 Å². The molecule has 0 amide bonds. The molecule has 0 radical (unpaired) electrons. The van der Waals surface area contributed by atoms with E-state index in [2.05, 4.69) is 0 Å². The molecule has 0 aliphatic carbocycles. The lowest BCUT2D eigenvalue weighted by atomic mass is 9.89. The van der Waals surface area contributed by atoms with Gasteiger partial charge in [0.25, 0.3) is 11.6 Å². The Kier molecular flexibility index (Phi) is 29.8. The van der Waals surface area contributed by atoms with Crippen molar-refractivity contribution >= 4 is 5.97 Å². The number of phenolic OH excluding ortho intramolecular Hbond substituents is 2. The van der Waals surface area contributed by atoms with E-state index in [0.717, 1.165) is 45.6 Å². The topological polar surface area (TPSA) is 619 Å². The number of benzene rings is 6. The number of aliphatic carboxylic acids is 1. The van der Waals surface area contributed by atoms with Gasteiger partial charge in [0.1, 0.15) is 98.7 Å². The molecule has 0 spiro atoms. The number of aryl methyl sites for hydroxylation is 1. The molecule has 4 fully saturated rings. The number of phenols is 2. The zero-order chi connectivity index (χ0) is 86.6. The Bertz CT molecular complexity index is 4380. The summed E-state index contributed by atoms with van der Waals surface area (Å²) in [5.74, 6) is -12.7. The van der Waals surface area contributed by atoms with Crippen molar-refractivity contribution in [3.63, 3.8) is 0 Å². The predicted octanol–water partition coefficient (Wildman–Crippen LogP) is -2.05. The minimum Gasteiger partial charge on any atom is -0.504 e. The van der Waals surface area contributed by atoms with Gasteiger partial charge in [-0.3, -0.25) is 0 Å². The number of hydrogen-bond acceptors (Lipinski definition) is 39. The number of rotatable bonds is 37. The first kappa shape index (κ1) is 91.7. The summed E-state index contributed by atoms with van der Waals surface area (Å²) in [7, 11) is 9.70. The van der Waals surface area contributed by atoms with E-state index < -0.39 is 214 Å². The molecular formula is C78H100O40. The van der Waals surface area contributed by atoms with Gasteiger partial charge in [-0.05, 0) is 131 Å². The fraction of sp³-hybridized carbons (Fsp3) is 0.526. The zero-order valence-electron chi connectivity index (χ0n) is 65.3. The highest BCUT2D eigenvalue weighted by Gasteiger charge is 2.55. The van der Waals surface area contributed by atoms with Crippen molar-refractivity contribution in [2.24, 2.45) is 11.8 Å². The number of ether oxygens (including phenoxy) is 17.